The van der Waals surface area contributed by atoms with Crippen molar-refractivity contribution in [2.45, 2.75) is 0 Å². The number of nitrogens with two attached hydrogens (primary N) is 3. The van der Waals surface area contributed by atoms with Crippen molar-refractivity contribution in [3.05, 3.63) is 0 Å². The van der Waals surface area contributed by atoms with E-state index in [2.05, 4.69) is 16.5 Å². The quantitative estimate of drug-likeness (QED) is 0.240. The zero-order valence-corrected chi connectivity index (χ0v) is 6.57. The summed E-state index contributed by atoms with van der Waals surface area (Å²) in [6.45, 7) is 0. The van der Waals surface area contributed by atoms with Crippen LogP contribution in [0.4, 0.5) is 0 Å². The van der Waals surface area contributed by atoms with Crippen LogP contribution in [0.3, 0.4) is 0 Å². The van der Waals surface area contributed by atoms with Crippen LogP contribution in [0.25, 0.3) is 0 Å². The van der Waals surface area contributed by atoms with Gasteiger partial charge in [0.15, 0.2) is 0 Å². The maximum absolute atomic E-state index is 9.55. The Labute approximate surface area is 56.8 Å². The minimum atomic E-state index is -4.64. The predicted octanol–water partition coefficient (Wildman–Crippen LogP) is -1.96. The van der Waals surface area contributed by atoms with Crippen molar-refractivity contribution in [1.29, 1.82) is 0 Å². The van der Waals surface area contributed by atoms with Crippen LogP contribution in [0.15, 0.2) is 0 Å². The molecule has 0 aliphatic heterocycles. The molecule has 64 valence electrons. The Balaban J connectivity index is 0. The third kappa shape index (κ3) is 8850. The number of hydrogen-bond donors (Lipinski definition) is 6. The second-order valence-electron chi connectivity index (χ2n) is 1.28. The van der Waals surface area contributed by atoms with Gasteiger partial charge in [-0.15, -0.1) is 0 Å². The van der Waals surface area contributed by atoms with E-state index in [0.29, 0.717) is 0 Å². The molecule has 0 aromatic carbocycles. The van der Waals surface area contributed by atoms with Gasteiger partial charge < -0.3 is 14.7 Å². The standard InChI is InChI=1S/H6N3OP.H3O4P/c2*1-5(2,3)4/h(H6,1,2,3,4);(H3,1,2,3,4). The van der Waals surface area contributed by atoms with Crippen LogP contribution in [0, 0.1) is 0 Å². The van der Waals surface area contributed by atoms with Crippen LogP contribution in [0.5, 0.6) is 0 Å². The first-order chi connectivity index (χ1) is 4.00. The SMILES string of the molecule is NP(N)(N)=O.O=P(O)(O)O. The zero-order chi connectivity index (χ0) is 9.00. The van der Waals surface area contributed by atoms with E-state index in [4.69, 9.17) is 19.2 Å². The van der Waals surface area contributed by atoms with Crippen LogP contribution < -0.4 is 16.5 Å². The number of rotatable bonds is 0. The minimum absolute atomic E-state index is 3.14. The normalized spacial score (nSPS) is 11.8. The van der Waals surface area contributed by atoms with E-state index in [1.54, 1.807) is 0 Å². The van der Waals surface area contributed by atoms with E-state index < -0.39 is 15.4 Å². The lowest BCUT2D eigenvalue weighted by atomic mass is 13.8. The molecule has 0 unspecified atom stereocenters. The van der Waals surface area contributed by atoms with Crippen molar-refractivity contribution in [2.75, 3.05) is 0 Å². The first-order valence-electron chi connectivity index (χ1n) is 1.74. The molecule has 0 fully saturated rings. The largest absolute Gasteiger partial charge is 0.466 e. The molecule has 0 aromatic rings. The van der Waals surface area contributed by atoms with Gasteiger partial charge in [0, 0.05) is 0 Å². The summed E-state index contributed by atoms with van der Waals surface area (Å²) in [5, 5.41) is 0. The fourth-order valence-electron chi connectivity index (χ4n) is 0. The zero-order valence-electron chi connectivity index (χ0n) is 4.78. The lowest BCUT2D eigenvalue weighted by Gasteiger charge is -1.88. The Morgan fingerprint density at radius 2 is 0.900 bits per heavy atom. The Morgan fingerprint density at radius 3 is 0.900 bits per heavy atom. The fraction of sp³-hybridized carbons (Fsp3) is 0. The molecular weight excluding hydrogens is 184 g/mol. The molecule has 9 N–H and O–H groups in total. The van der Waals surface area contributed by atoms with Gasteiger partial charge in [-0.2, -0.15) is 0 Å². The van der Waals surface area contributed by atoms with Crippen LogP contribution in [-0.2, 0) is 9.13 Å². The topological polar surface area (TPSA) is 173 Å². The predicted molar refractivity (Wildman–Crippen MR) is 34.4 cm³/mol. The summed E-state index contributed by atoms with van der Waals surface area (Å²) < 4.78 is 18.4. The van der Waals surface area contributed by atoms with Gasteiger partial charge in [-0.1, -0.05) is 0 Å². The molecule has 0 aliphatic carbocycles. The van der Waals surface area contributed by atoms with Gasteiger partial charge >= 0.3 is 7.82 Å². The number of hydrogen-bond acceptors (Lipinski definition) is 2. The molecule has 0 atom stereocenters. The molecule has 8 nitrogen and oxygen atoms in total. The molecule has 0 rings (SSSR count). The van der Waals surface area contributed by atoms with E-state index >= 15 is 0 Å². The van der Waals surface area contributed by atoms with Crippen LogP contribution in [0.1, 0.15) is 0 Å². The van der Waals surface area contributed by atoms with Gasteiger partial charge in [-0.3, -0.25) is 21.1 Å². The number of phosphoric acid groups is 1. The molecule has 0 radical (unpaired) electrons. The summed E-state index contributed by atoms with van der Waals surface area (Å²) in [6, 6.07) is 0. The van der Waals surface area contributed by atoms with Crippen molar-refractivity contribution in [2.24, 2.45) is 16.5 Å². The Hall–Kier alpha value is 0.220. The van der Waals surface area contributed by atoms with Crippen molar-refractivity contribution in [3.63, 3.8) is 0 Å². The third-order valence-electron chi connectivity index (χ3n) is 0. The van der Waals surface area contributed by atoms with Crippen molar-refractivity contribution >= 4 is 15.4 Å². The van der Waals surface area contributed by atoms with Gasteiger partial charge in [-0.25, -0.2) is 4.57 Å². The van der Waals surface area contributed by atoms with Gasteiger partial charge in [0.05, 0.1) is 0 Å². The molecule has 0 saturated carbocycles. The van der Waals surface area contributed by atoms with E-state index in [1.807, 2.05) is 0 Å². The monoisotopic (exact) mass is 193 g/mol. The molecule has 0 heterocycles. The fourth-order valence-corrected chi connectivity index (χ4v) is 0. The molecule has 0 saturated heterocycles. The highest BCUT2D eigenvalue weighted by Gasteiger charge is 2.00. The lowest BCUT2D eigenvalue weighted by molar-refractivity contribution is 0.275. The van der Waals surface area contributed by atoms with Gasteiger partial charge in [0.2, 0.25) is 0 Å². The minimum Gasteiger partial charge on any atom is -0.303 e. The lowest BCUT2D eigenvalue weighted by Crippen LogP contribution is -2.12. The van der Waals surface area contributed by atoms with Crippen molar-refractivity contribution in [1.82, 2.24) is 0 Å². The van der Waals surface area contributed by atoms with E-state index in [0.717, 1.165) is 0 Å². The second-order valence-corrected chi connectivity index (χ2v) is 3.83. The highest BCUT2D eigenvalue weighted by atomic mass is 31.2. The van der Waals surface area contributed by atoms with E-state index in [9.17, 15) is 4.57 Å². The van der Waals surface area contributed by atoms with E-state index in [1.165, 1.54) is 0 Å². The highest BCUT2D eigenvalue weighted by Crippen LogP contribution is 2.25. The smallest absolute Gasteiger partial charge is 0.303 e. The summed E-state index contributed by atoms with van der Waals surface area (Å²) in [4.78, 5) is 21.6. The average Bonchev–Trinajstić information content (AvgIpc) is 1.12. The Kier molecular flexibility index (Phi) is 5.36. The van der Waals surface area contributed by atoms with Crippen LogP contribution >= 0.6 is 15.4 Å². The second kappa shape index (κ2) is 4.17. The van der Waals surface area contributed by atoms with Crippen molar-refractivity contribution < 1.29 is 23.8 Å². The summed E-state index contributed by atoms with van der Waals surface area (Å²) in [5.74, 6) is 0. The summed E-state index contributed by atoms with van der Waals surface area (Å²) in [7, 11) is -7.78. The van der Waals surface area contributed by atoms with Gasteiger partial charge in [-0.05, 0) is 0 Å². The maximum Gasteiger partial charge on any atom is 0.466 e. The Bertz CT molecular complexity index is 127. The summed E-state index contributed by atoms with van der Waals surface area (Å²) in [6.07, 6.45) is 0. The van der Waals surface area contributed by atoms with Crippen LogP contribution in [-0.4, -0.2) is 14.7 Å². The first-order valence-corrected chi connectivity index (χ1v) is 5.22. The first kappa shape index (κ1) is 12.9. The average molecular weight is 193 g/mol. The molecule has 10 heteroatoms. The molecule has 0 spiro atoms. The van der Waals surface area contributed by atoms with Gasteiger partial charge in [0.25, 0.3) is 7.59 Å². The maximum atomic E-state index is 9.55. The molecular formula is H9N3O5P2. The third-order valence-corrected chi connectivity index (χ3v) is 0. The molecule has 0 aromatic heterocycles. The van der Waals surface area contributed by atoms with Gasteiger partial charge in [0.1, 0.15) is 0 Å². The van der Waals surface area contributed by atoms with Crippen LogP contribution in [0.2, 0.25) is 0 Å². The molecule has 10 heavy (non-hydrogen) atoms. The molecule has 0 aliphatic rings. The van der Waals surface area contributed by atoms with E-state index in [-0.39, 0.29) is 0 Å². The van der Waals surface area contributed by atoms with Crippen molar-refractivity contribution in [3.8, 4) is 0 Å². The molecule has 0 bridgehead atoms. The molecule has 0 amide bonds. The summed E-state index contributed by atoms with van der Waals surface area (Å²) in [5.41, 5.74) is 13.4. The highest BCUT2D eigenvalue weighted by molar-refractivity contribution is 7.56. The Morgan fingerprint density at radius 1 is 0.900 bits per heavy atom. The summed E-state index contributed by atoms with van der Waals surface area (Å²) >= 11 is 0.